The highest BCUT2D eigenvalue weighted by Gasteiger charge is 2.18. The van der Waals surface area contributed by atoms with Crippen LogP contribution in [0.5, 0.6) is 0 Å². The molecule has 0 aromatic carbocycles. The lowest BCUT2D eigenvalue weighted by Crippen LogP contribution is -2.39. The molecule has 3 N–H and O–H groups in total. The summed E-state index contributed by atoms with van der Waals surface area (Å²) in [6.07, 6.45) is 1.45. The summed E-state index contributed by atoms with van der Waals surface area (Å²) >= 11 is 0. The molecule has 0 fully saturated rings. The van der Waals surface area contributed by atoms with Gasteiger partial charge >= 0.3 is 5.97 Å². The molecule has 0 unspecified atom stereocenters. The van der Waals surface area contributed by atoms with Crippen molar-refractivity contribution >= 4 is 23.4 Å². The van der Waals surface area contributed by atoms with Gasteiger partial charge in [0.25, 0.3) is 0 Å². The van der Waals surface area contributed by atoms with Crippen molar-refractivity contribution in [3.63, 3.8) is 0 Å². The number of hydrogen-bond donors (Lipinski definition) is 2. The number of anilines is 2. The molecule has 20 heavy (non-hydrogen) atoms. The number of nitrogens with one attached hydrogen (secondary N) is 1. The maximum Gasteiger partial charge on any atom is 0.340 e. The minimum absolute atomic E-state index is 0.0580. The van der Waals surface area contributed by atoms with Crippen molar-refractivity contribution in [3.05, 3.63) is 17.8 Å². The Kier molecular flexibility index (Phi) is 5.31. The molecule has 0 saturated heterocycles. The summed E-state index contributed by atoms with van der Waals surface area (Å²) in [5.41, 5.74) is 6.32. The number of nitrogens with two attached hydrogens (primary N) is 1. The third-order valence-electron chi connectivity index (χ3n) is 2.57. The molecule has 1 aromatic heterocycles. The molecule has 0 aliphatic carbocycles. The number of likely N-dealkylation sites (N-methyl/N-ethyl adjacent to an activating group) is 1. The standard InChI is InChI=1S/C13H20N4O3/c1-8(2)16-10(18)7-17(3)12-11(14)9(5-6-15-12)13(19)20-4/h5-6,8H,7,14H2,1-4H3,(H,16,18). The Bertz CT molecular complexity index is 502. The summed E-state index contributed by atoms with van der Waals surface area (Å²) < 4.78 is 4.64. The third kappa shape index (κ3) is 3.84. The van der Waals surface area contributed by atoms with E-state index in [1.807, 2.05) is 13.8 Å². The van der Waals surface area contributed by atoms with Crippen LogP contribution >= 0.6 is 0 Å². The Morgan fingerprint density at radius 1 is 1.50 bits per heavy atom. The Morgan fingerprint density at radius 2 is 2.15 bits per heavy atom. The van der Waals surface area contributed by atoms with E-state index >= 15 is 0 Å². The zero-order chi connectivity index (χ0) is 15.3. The van der Waals surface area contributed by atoms with Gasteiger partial charge in [-0.1, -0.05) is 0 Å². The van der Waals surface area contributed by atoms with Crippen LogP contribution in [0.2, 0.25) is 0 Å². The number of rotatable bonds is 5. The second-order valence-electron chi connectivity index (χ2n) is 4.67. The molecule has 1 heterocycles. The largest absolute Gasteiger partial charge is 0.465 e. The van der Waals surface area contributed by atoms with E-state index in [0.717, 1.165) is 0 Å². The van der Waals surface area contributed by atoms with Gasteiger partial charge < -0.3 is 20.7 Å². The zero-order valence-electron chi connectivity index (χ0n) is 12.1. The fourth-order valence-corrected chi connectivity index (χ4v) is 1.71. The maximum atomic E-state index is 11.7. The van der Waals surface area contributed by atoms with Crippen LogP contribution in [-0.2, 0) is 9.53 Å². The maximum absolute atomic E-state index is 11.7. The Hall–Kier alpha value is -2.31. The molecule has 0 aliphatic heterocycles. The van der Waals surface area contributed by atoms with E-state index in [0.29, 0.717) is 5.82 Å². The Labute approximate surface area is 118 Å². The van der Waals surface area contributed by atoms with Crippen molar-refractivity contribution in [1.82, 2.24) is 10.3 Å². The van der Waals surface area contributed by atoms with Gasteiger partial charge in [-0.25, -0.2) is 9.78 Å². The molecule has 110 valence electrons. The highest BCUT2D eigenvalue weighted by molar-refractivity contribution is 5.98. The van der Waals surface area contributed by atoms with Crippen molar-refractivity contribution in [1.29, 1.82) is 0 Å². The number of hydrogen-bond acceptors (Lipinski definition) is 6. The summed E-state index contributed by atoms with van der Waals surface area (Å²) in [5, 5.41) is 2.77. The molecule has 0 atom stereocenters. The van der Waals surface area contributed by atoms with E-state index < -0.39 is 5.97 Å². The first-order valence-electron chi connectivity index (χ1n) is 6.20. The molecule has 7 heteroatoms. The number of carbonyl (C=O) groups excluding carboxylic acids is 2. The molecule has 0 radical (unpaired) electrons. The lowest BCUT2D eigenvalue weighted by Gasteiger charge is -2.20. The predicted molar refractivity (Wildman–Crippen MR) is 76.5 cm³/mol. The van der Waals surface area contributed by atoms with Gasteiger partial charge in [-0.05, 0) is 19.9 Å². The van der Waals surface area contributed by atoms with Crippen LogP contribution in [0.25, 0.3) is 0 Å². The van der Waals surface area contributed by atoms with E-state index in [4.69, 9.17) is 5.73 Å². The molecule has 0 bridgehead atoms. The minimum atomic E-state index is -0.536. The number of amides is 1. The number of esters is 1. The van der Waals surface area contributed by atoms with Crippen LogP contribution in [0.3, 0.4) is 0 Å². The molecule has 1 amide bonds. The molecule has 0 saturated carbocycles. The summed E-state index contributed by atoms with van der Waals surface area (Å²) in [6.45, 7) is 3.85. The average Bonchev–Trinajstić information content (AvgIpc) is 2.36. The van der Waals surface area contributed by atoms with Gasteiger partial charge in [-0.15, -0.1) is 0 Å². The van der Waals surface area contributed by atoms with Crippen molar-refractivity contribution < 1.29 is 14.3 Å². The monoisotopic (exact) mass is 280 g/mol. The third-order valence-corrected chi connectivity index (χ3v) is 2.57. The first kappa shape index (κ1) is 15.7. The average molecular weight is 280 g/mol. The topological polar surface area (TPSA) is 97.5 Å². The summed E-state index contributed by atoms with van der Waals surface area (Å²) in [7, 11) is 2.96. The first-order chi connectivity index (χ1) is 9.36. The van der Waals surface area contributed by atoms with Crippen LogP contribution in [0, 0.1) is 0 Å². The van der Waals surface area contributed by atoms with Gasteiger partial charge in [0.2, 0.25) is 5.91 Å². The Balaban J connectivity index is 2.91. The van der Waals surface area contributed by atoms with Gasteiger partial charge in [-0.2, -0.15) is 0 Å². The molecule has 1 rings (SSSR count). The normalized spacial score (nSPS) is 10.2. The molecular formula is C13H20N4O3. The van der Waals surface area contributed by atoms with E-state index in [9.17, 15) is 9.59 Å². The second-order valence-corrected chi connectivity index (χ2v) is 4.67. The number of aromatic nitrogens is 1. The Morgan fingerprint density at radius 3 is 2.70 bits per heavy atom. The first-order valence-corrected chi connectivity index (χ1v) is 6.20. The zero-order valence-corrected chi connectivity index (χ0v) is 12.1. The molecule has 7 nitrogen and oxygen atoms in total. The van der Waals surface area contributed by atoms with E-state index in [1.54, 1.807) is 11.9 Å². The van der Waals surface area contributed by atoms with E-state index in [1.165, 1.54) is 19.4 Å². The molecular weight excluding hydrogens is 260 g/mol. The lowest BCUT2D eigenvalue weighted by molar-refractivity contribution is -0.120. The van der Waals surface area contributed by atoms with Crippen molar-refractivity contribution in [3.8, 4) is 0 Å². The van der Waals surface area contributed by atoms with Gasteiger partial charge in [0, 0.05) is 19.3 Å². The van der Waals surface area contributed by atoms with Crippen LogP contribution < -0.4 is 16.0 Å². The van der Waals surface area contributed by atoms with Crippen molar-refractivity contribution in [2.24, 2.45) is 0 Å². The van der Waals surface area contributed by atoms with Gasteiger partial charge in [0.15, 0.2) is 5.82 Å². The number of methoxy groups -OCH3 is 1. The van der Waals surface area contributed by atoms with E-state index in [2.05, 4.69) is 15.0 Å². The number of pyridine rings is 1. The van der Waals surface area contributed by atoms with Crippen LogP contribution in [0.4, 0.5) is 11.5 Å². The number of nitrogens with zero attached hydrogens (tertiary/aromatic N) is 2. The lowest BCUT2D eigenvalue weighted by atomic mass is 10.2. The van der Waals surface area contributed by atoms with Gasteiger partial charge in [-0.3, -0.25) is 4.79 Å². The van der Waals surface area contributed by atoms with E-state index in [-0.39, 0.29) is 29.7 Å². The second kappa shape index (κ2) is 6.74. The fourth-order valence-electron chi connectivity index (χ4n) is 1.71. The van der Waals surface area contributed by atoms with Gasteiger partial charge in [0.05, 0.1) is 24.9 Å². The van der Waals surface area contributed by atoms with Crippen LogP contribution in [-0.4, -0.2) is 43.6 Å². The van der Waals surface area contributed by atoms with Gasteiger partial charge in [0.1, 0.15) is 0 Å². The highest BCUT2D eigenvalue weighted by Crippen LogP contribution is 2.23. The number of carbonyl (C=O) groups is 2. The quantitative estimate of drug-likeness (QED) is 0.758. The van der Waals surface area contributed by atoms with Crippen molar-refractivity contribution in [2.75, 3.05) is 31.3 Å². The summed E-state index contributed by atoms with van der Waals surface area (Å²) in [6, 6.07) is 1.54. The molecule has 1 aromatic rings. The summed E-state index contributed by atoms with van der Waals surface area (Å²) in [5.74, 6) is -0.315. The molecule has 0 aliphatic rings. The summed E-state index contributed by atoms with van der Waals surface area (Å²) in [4.78, 5) is 28.9. The minimum Gasteiger partial charge on any atom is -0.465 e. The molecule has 0 spiro atoms. The highest BCUT2D eigenvalue weighted by atomic mass is 16.5. The van der Waals surface area contributed by atoms with Crippen LogP contribution in [0.15, 0.2) is 12.3 Å². The van der Waals surface area contributed by atoms with Crippen LogP contribution in [0.1, 0.15) is 24.2 Å². The number of ether oxygens (including phenoxy) is 1. The van der Waals surface area contributed by atoms with Crippen molar-refractivity contribution in [2.45, 2.75) is 19.9 Å². The fraction of sp³-hybridized carbons (Fsp3) is 0.462. The smallest absolute Gasteiger partial charge is 0.340 e. The number of nitrogen functional groups attached to an aromatic ring is 1. The SMILES string of the molecule is COC(=O)c1ccnc(N(C)CC(=O)NC(C)C)c1N. The predicted octanol–water partition coefficient (Wildman–Crippen LogP) is 0.411.